The zero-order chi connectivity index (χ0) is 21.3. The third-order valence-electron chi connectivity index (χ3n) is 4.31. The van der Waals surface area contributed by atoms with E-state index < -0.39 is 0 Å². The van der Waals surface area contributed by atoms with Gasteiger partial charge in [-0.25, -0.2) is 9.97 Å². The molecule has 4 rings (SSSR count). The van der Waals surface area contributed by atoms with Crippen LogP contribution in [0.1, 0.15) is 28.0 Å². The smallest absolute Gasteiger partial charge is 0.269 e. The molecule has 0 radical (unpaired) electrons. The molecule has 0 spiro atoms. The predicted octanol–water partition coefficient (Wildman–Crippen LogP) is 4.47. The number of hydrogen-bond donors (Lipinski definition) is 1. The van der Waals surface area contributed by atoms with Gasteiger partial charge in [0.05, 0.1) is 35.8 Å². The summed E-state index contributed by atoms with van der Waals surface area (Å²) in [4.78, 5) is 35.7. The summed E-state index contributed by atoms with van der Waals surface area (Å²) in [6.45, 7) is 3.44. The SMILES string of the molecule is COc1ccc2nc(NC(=O)c3sc(N(Cc4ccco4)C(C)=O)nc3C)sc2c1. The van der Waals surface area contributed by atoms with Gasteiger partial charge in [-0.1, -0.05) is 22.7 Å². The Morgan fingerprint density at radius 3 is 2.77 bits per heavy atom. The summed E-state index contributed by atoms with van der Waals surface area (Å²) >= 11 is 2.52. The molecule has 30 heavy (non-hydrogen) atoms. The lowest BCUT2D eigenvalue weighted by molar-refractivity contribution is -0.116. The van der Waals surface area contributed by atoms with Gasteiger partial charge in [-0.2, -0.15) is 0 Å². The Bertz CT molecular complexity index is 1210. The van der Waals surface area contributed by atoms with E-state index in [2.05, 4.69) is 15.3 Å². The number of anilines is 2. The standard InChI is InChI=1S/C20H18N4O4S2/c1-11-17(30-20(21-11)24(12(2)25)10-14-5-4-8-28-14)18(26)23-19-22-15-7-6-13(27-3)9-16(15)29-19/h4-9H,10H2,1-3H3,(H,22,23,26). The predicted molar refractivity (Wildman–Crippen MR) is 117 cm³/mol. The normalized spacial score (nSPS) is 10.9. The first-order valence-electron chi connectivity index (χ1n) is 8.98. The number of hydrogen-bond acceptors (Lipinski definition) is 8. The van der Waals surface area contributed by atoms with E-state index in [-0.39, 0.29) is 18.4 Å². The molecule has 1 aromatic carbocycles. The number of benzene rings is 1. The summed E-state index contributed by atoms with van der Waals surface area (Å²) in [6, 6.07) is 9.08. The third kappa shape index (κ3) is 4.05. The zero-order valence-electron chi connectivity index (χ0n) is 16.5. The van der Waals surface area contributed by atoms with E-state index in [1.165, 1.54) is 23.2 Å². The van der Waals surface area contributed by atoms with Crippen LogP contribution in [0, 0.1) is 6.92 Å². The van der Waals surface area contributed by atoms with Gasteiger partial charge in [0.1, 0.15) is 16.4 Å². The van der Waals surface area contributed by atoms with Crippen molar-refractivity contribution in [2.75, 3.05) is 17.3 Å². The minimum atomic E-state index is -0.316. The topological polar surface area (TPSA) is 97.6 Å². The van der Waals surface area contributed by atoms with Crippen molar-refractivity contribution in [1.82, 2.24) is 9.97 Å². The van der Waals surface area contributed by atoms with E-state index in [0.717, 1.165) is 27.3 Å². The van der Waals surface area contributed by atoms with Crippen LogP contribution < -0.4 is 15.0 Å². The molecule has 3 aromatic heterocycles. The van der Waals surface area contributed by atoms with Crippen LogP contribution >= 0.6 is 22.7 Å². The number of carbonyl (C=O) groups excluding carboxylic acids is 2. The van der Waals surface area contributed by atoms with Crippen LogP contribution in [0.25, 0.3) is 10.2 Å². The van der Waals surface area contributed by atoms with Gasteiger partial charge in [-0.05, 0) is 37.3 Å². The molecule has 0 saturated carbocycles. The van der Waals surface area contributed by atoms with Crippen molar-refractivity contribution in [3.8, 4) is 5.75 Å². The molecule has 0 aliphatic heterocycles. The number of fused-ring (bicyclic) bond motifs is 1. The first-order valence-corrected chi connectivity index (χ1v) is 10.6. The molecular weight excluding hydrogens is 424 g/mol. The molecular formula is C20H18N4O4S2. The fourth-order valence-electron chi connectivity index (χ4n) is 2.82. The highest BCUT2D eigenvalue weighted by Gasteiger charge is 2.23. The number of aryl methyl sites for hydroxylation is 1. The molecule has 0 aliphatic rings. The summed E-state index contributed by atoms with van der Waals surface area (Å²) in [7, 11) is 1.60. The van der Waals surface area contributed by atoms with Crippen molar-refractivity contribution in [2.45, 2.75) is 20.4 Å². The highest BCUT2D eigenvalue weighted by atomic mass is 32.1. The molecule has 2 amide bonds. The molecule has 3 heterocycles. The van der Waals surface area contributed by atoms with Crippen LogP contribution in [0.2, 0.25) is 0 Å². The van der Waals surface area contributed by atoms with Crippen molar-refractivity contribution in [2.24, 2.45) is 0 Å². The van der Waals surface area contributed by atoms with E-state index in [9.17, 15) is 9.59 Å². The number of ether oxygens (including phenoxy) is 1. The Kier molecular flexibility index (Phi) is 5.51. The van der Waals surface area contributed by atoms with Gasteiger partial charge >= 0.3 is 0 Å². The number of amides is 2. The molecule has 0 atom stereocenters. The molecule has 4 aromatic rings. The molecule has 0 saturated heterocycles. The highest BCUT2D eigenvalue weighted by molar-refractivity contribution is 7.22. The Labute approximate surface area is 180 Å². The molecule has 154 valence electrons. The van der Waals surface area contributed by atoms with E-state index in [4.69, 9.17) is 9.15 Å². The molecule has 0 unspecified atom stereocenters. The Hall–Kier alpha value is -3.24. The van der Waals surface area contributed by atoms with Crippen molar-refractivity contribution in [3.05, 3.63) is 52.9 Å². The largest absolute Gasteiger partial charge is 0.497 e. The summed E-state index contributed by atoms with van der Waals surface area (Å²) in [6.07, 6.45) is 1.55. The Balaban J connectivity index is 1.56. The average molecular weight is 443 g/mol. The van der Waals surface area contributed by atoms with Gasteiger partial charge in [0, 0.05) is 6.92 Å². The lowest BCUT2D eigenvalue weighted by Gasteiger charge is -2.16. The van der Waals surface area contributed by atoms with E-state index in [1.807, 2.05) is 18.2 Å². The summed E-state index contributed by atoms with van der Waals surface area (Å²) in [5.74, 6) is 0.859. The molecule has 1 N–H and O–H groups in total. The number of thiazole rings is 2. The second kappa shape index (κ2) is 8.25. The van der Waals surface area contributed by atoms with Crippen molar-refractivity contribution in [3.63, 3.8) is 0 Å². The van der Waals surface area contributed by atoms with Gasteiger partial charge in [0.25, 0.3) is 5.91 Å². The first kappa shape index (κ1) is 20.0. The van der Waals surface area contributed by atoms with E-state index in [1.54, 1.807) is 32.4 Å². The van der Waals surface area contributed by atoms with Crippen molar-refractivity contribution < 1.29 is 18.7 Å². The highest BCUT2D eigenvalue weighted by Crippen LogP contribution is 2.31. The van der Waals surface area contributed by atoms with Crippen LogP contribution in [-0.2, 0) is 11.3 Å². The number of rotatable bonds is 6. The van der Waals surface area contributed by atoms with Crippen LogP contribution in [0.5, 0.6) is 5.75 Å². The maximum Gasteiger partial charge on any atom is 0.269 e. The Morgan fingerprint density at radius 2 is 2.07 bits per heavy atom. The number of nitrogens with one attached hydrogen (secondary N) is 1. The quantitative estimate of drug-likeness (QED) is 0.473. The van der Waals surface area contributed by atoms with Crippen molar-refractivity contribution >= 4 is 55.0 Å². The maximum absolute atomic E-state index is 12.8. The number of furan rings is 1. The van der Waals surface area contributed by atoms with Crippen LogP contribution in [0.15, 0.2) is 41.0 Å². The summed E-state index contributed by atoms with van der Waals surface area (Å²) in [5, 5.41) is 3.75. The first-order chi connectivity index (χ1) is 14.4. The van der Waals surface area contributed by atoms with E-state index in [0.29, 0.717) is 26.6 Å². The fraction of sp³-hybridized carbons (Fsp3) is 0.200. The molecule has 8 nitrogen and oxygen atoms in total. The van der Waals surface area contributed by atoms with Crippen LogP contribution in [-0.4, -0.2) is 28.9 Å². The fourth-order valence-corrected chi connectivity index (χ4v) is 4.71. The zero-order valence-corrected chi connectivity index (χ0v) is 18.1. The van der Waals surface area contributed by atoms with Crippen LogP contribution in [0.3, 0.4) is 0 Å². The second-order valence-corrected chi connectivity index (χ2v) is 8.41. The van der Waals surface area contributed by atoms with Gasteiger partial charge in [0.2, 0.25) is 5.91 Å². The van der Waals surface area contributed by atoms with Gasteiger partial charge in [-0.15, -0.1) is 0 Å². The lowest BCUT2D eigenvalue weighted by Crippen LogP contribution is -2.27. The van der Waals surface area contributed by atoms with E-state index >= 15 is 0 Å². The molecule has 0 bridgehead atoms. The monoisotopic (exact) mass is 442 g/mol. The molecule has 0 fully saturated rings. The number of carbonyl (C=O) groups is 2. The Morgan fingerprint density at radius 1 is 1.23 bits per heavy atom. The molecule has 0 aliphatic carbocycles. The maximum atomic E-state index is 12.8. The third-order valence-corrected chi connectivity index (χ3v) is 6.43. The van der Waals surface area contributed by atoms with Gasteiger partial charge < -0.3 is 9.15 Å². The van der Waals surface area contributed by atoms with Gasteiger partial charge in [-0.3, -0.25) is 19.8 Å². The summed E-state index contributed by atoms with van der Waals surface area (Å²) in [5.41, 5.74) is 1.32. The van der Waals surface area contributed by atoms with Gasteiger partial charge in [0.15, 0.2) is 10.3 Å². The number of nitrogens with zero attached hydrogens (tertiary/aromatic N) is 3. The number of methoxy groups -OCH3 is 1. The minimum absolute atomic E-state index is 0.188. The average Bonchev–Trinajstić information content (AvgIpc) is 3.44. The minimum Gasteiger partial charge on any atom is -0.497 e. The van der Waals surface area contributed by atoms with Crippen LogP contribution in [0.4, 0.5) is 10.3 Å². The summed E-state index contributed by atoms with van der Waals surface area (Å²) < 4.78 is 11.5. The van der Waals surface area contributed by atoms with Crippen molar-refractivity contribution in [1.29, 1.82) is 0 Å². The second-order valence-electron chi connectivity index (χ2n) is 6.40. The lowest BCUT2D eigenvalue weighted by atomic mass is 10.3. The number of aromatic nitrogens is 2. The molecule has 10 heteroatoms.